The summed E-state index contributed by atoms with van der Waals surface area (Å²) in [6.45, 7) is 4.28. The lowest BCUT2D eigenvalue weighted by atomic mass is 9.45. The van der Waals surface area contributed by atoms with Crippen molar-refractivity contribution in [3.63, 3.8) is 0 Å². The van der Waals surface area contributed by atoms with E-state index < -0.39 is 40.1 Å². The van der Waals surface area contributed by atoms with Crippen LogP contribution < -0.4 is 0 Å². The van der Waals surface area contributed by atoms with Crippen LogP contribution in [0.15, 0.2) is 23.8 Å². The van der Waals surface area contributed by atoms with Gasteiger partial charge in [-0.2, -0.15) is 5.06 Å². The Hall–Kier alpha value is -1.57. The van der Waals surface area contributed by atoms with Crippen LogP contribution in [-0.4, -0.2) is 57.0 Å². The highest BCUT2D eigenvalue weighted by atomic mass is 19.1. The number of alkyl halides is 1. The van der Waals surface area contributed by atoms with Gasteiger partial charge in [-0.1, -0.05) is 37.8 Å². The third-order valence-corrected chi connectivity index (χ3v) is 11.0. The number of carbonyl (C=O) groups is 2. The number of rotatable bonds is 2. The summed E-state index contributed by atoms with van der Waals surface area (Å²) in [5, 5.41) is 24.0. The topological polar surface area (TPSA) is 87.1 Å². The number of hydrogen-bond acceptors (Lipinski definition) is 5. The summed E-state index contributed by atoms with van der Waals surface area (Å²) in [6.07, 6.45) is 10.5. The van der Waals surface area contributed by atoms with Crippen LogP contribution in [0.5, 0.6) is 0 Å². The molecule has 0 spiro atoms. The number of halogens is 1. The highest BCUT2D eigenvalue weighted by Gasteiger charge is 2.79. The molecular weight excluding hydrogens is 437 g/mol. The predicted molar refractivity (Wildman–Crippen MR) is 122 cm³/mol. The number of carboxylic acids is 1. The lowest BCUT2D eigenvalue weighted by Gasteiger charge is -2.62. The molecule has 6 aliphatic rings. The second-order valence-corrected chi connectivity index (χ2v) is 12.2. The van der Waals surface area contributed by atoms with Gasteiger partial charge in [0.1, 0.15) is 0 Å². The highest BCUT2D eigenvalue weighted by Crippen LogP contribution is 2.72. The Balaban J connectivity index is 1.39. The fraction of sp³-hybridized carbons (Fsp3) is 0.778. The average Bonchev–Trinajstić information content (AvgIpc) is 3.30. The van der Waals surface area contributed by atoms with Crippen molar-refractivity contribution in [1.82, 2.24) is 5.06 Å². The second-order valence-electron chi connectivity index (χ2n) is 12.2. The number of carbonyl (C=O) groups excluding carboxylic acids is 1. The lowest BCUT2D eigenvalue weighted by molar-refractivity contribution is -0.282. The van der Waals surface area contributed by atoms with Gasteiger partial charge >= 0.3 is 5.97 Å². The molecule has 0 aromatic heterocycles. The third-order valence-electron chi connectivity index (χ3n) is 11.0. The number of carboxylic acid groups (broad SMARTS) is 1. The number of aliphatic hydroxyl groups excluding tert-OH is 1. The Labute approximate surface area is 200 Å². The molecule has 1 saturated heterocycles. The molecule has 0 unspecified atom stereocenters. The number of hydrogen-bond donors (Lipinski definition) is 2. The maximum atomic E-state index is 17.3. The quantitative estimate of drug-likeness (QED) is 0.631. The van der Waals surface area contributed by atoms with Crippen LogP contribution in [-0.2, 0) is 14.4 Å². The number of aliphatic hydroxyl groups is 1. The first-order valence-corrected chi connectivity index (χ1v) is 13.1. The second kappa shape index (κ2) is 7.23. The van der Waals surface area contributed by atoms with Gasteiger partial charge in [0.25, 0.3) is 0 Å². The Morgan fingerprint density at radius 3 is 2.62 bits per heavy atom. The van der Waals surface area contributed by atoms with Crippen LogP contribution in [0.25, 0.3) is 0 Å². The van der Waals surface area contributed by atoms with E-state index in [0.717, 1.165) is 31.3 Å². The number of fused-ring (bicyclic) bond motifs is 7. The zero-order valence-corrected chi connectivity index (χ0v) is 20.1. The first-order valence-electron chi connectivity index (χ1n) is 13.1. The van der Waals surface area contributed by atoms with E-state index in [-0.39, 0.29) is 30.1 Å². The van der Waals surface area contributed by atoms with Crippen molar-refractivity contribution >= 4 is 11.8 Å². The summed E-state index contributed by atoms with van der Waals surface area (Å²) >= 11 is 0. The van der Waals surface area contributed by atoms with Gasteiger partial charge in [-0.05, 0) is 63.5 Å². The lowest BCUT2D eigenvalue weighted by Crippen LogP contribution is -2.69. The molecule has 5 aliphatic carbocycles. The summed E-state index contributed by atoms with van der Waals surface area (Å²) in [7, 11) is 0. The van der Waals surface area contributed by atoms with Crippen molar-refractivity contribution in [3.05, 3.63) is 23.8 Å². The fourth-order valence-electron chi connectivity index (χ4n) is 9.23. The van der Waals surface area contributed by atoms with Crippen LogP contribution >= 0.6 is 0 Å². The zero-order valence-electron chi connectivity index (χ0n) is 20.1. The predicted octanol–water partition coefficient (Wildman–Crippen LogP) is 3.99. The Morgan fingerprint density at radius 1 is 1.18 bits per heavy atom. The molecule has 6 nitrogen and oxygen atoms in total. The minimum atomic E-state index is -1.94. The molecule has 0 amide bonds. The zero-order chi connectivity index (χ0) is 24.1. The van der Waals surface area contributed by atoms with E-state index in [1.165, 1.54) is 18.6 Å². The van der Waals surface area contributed by atoms with Gasteiger partial charge in [-0.25, -0.2) is 9.18 Å². The van der Waals surface area contributed by atoms with Crippen molar-refractivity contribution in [1.29, 1.82) is 0 Å². The molecule has 186 valence electrons. The van der Waals surface area contributed by atoms with Gasteiger partial charge in [0, 0.05) is 35.3 Å². The molecule has 1 heterocycles. The monoisotopic (exact) mass is 473 g/mol. The molecule has 7 heteroatoms. The number of hydroxylamine groups is 2. The first-order chi connectivity index (χ1) is 16.1. The highest BCUT2D eigenvalue weighted by molar-refractivity contribution is 6.01. The van der Waals surface area contributed by atoms with Crippen molar-refractivity contribution < 1.29 is 29.0 Å². The van der Waals surface area contributed by atoms with E-state index in [2.05, 4.69) is 0 Å². The fourth-order valence-corrected chi connectivity index (χ4v) is 9.23. The molecular formula is C27H36FNO5. The Bertz CT molecular complexity index is 990. The molecule has 6 rings (SSSR count). The summed E-state index contributed by atoms with van der Waals surface area (Å²) in [4.78, 5) is 31.5. The maximum absolute atomic E-state index is 17.3. The largest absolute Gasteiger partial charge is 0.479 e. The molecule has 0 aromatic rings. The molecule has 0 radical (unpaired) electrons. The van der Waals surface area contributed by atoms with Crippen LogP contribution in [0, 0.1) is 28.6 Å². The van der Waals surface area contributed by atoms with E-state index in [9.17, 15) is 19.8 Å². The van der Waals surface area contributed by atoms with Crippen LogP contribution in [0.2, 0.25) is 0 Å². The van der Waals surface area contributed by atoms with Gasteiger partial charge in [-0.15, -0.1) is 0 Å². The molecule has 1 aliphatic heterocycles. The third kappa shape index (κ3) is 2.56. The Morgan fingerprint density at radius 2 is 1.91 bits per heavy atom. The number of ketones is 1. The van der Waals surface area contributed by atoms with Crippen molar-refractivity contribution in [2.75, 3.05) is 6.54 Å². The smallest absolute Gasteiger partial charge is 0.339 e. The van der Waals surface area contributed by atoms with Gasteiger partial charge in [0.05, 0.1) is 6.10 Å². The SMILES string of the molecule is C[C@]12C=CC(=O)C=C1CC[C@H]1[C@@H]3C[C@H]4CN(C5CCCCC5)O[C@@]4(C(=O)O)[C@@]3(C)C[C@H](O)[C@@]12F. The van der Waals surface area contributed by atoms with E-state index >= 15 is 4.39 Å². The normalized spacial score (nSPS) is 50.8. The molecule has 5 fully saturated rings. The van der Waals surface area contributed by atoms with E-state index in [4.69, 9.17) is 4.84 Å². The summed E-state index contributed by atoms with van der Waals surface area (Å²) in [6, 6.07) is 0.234. The molecule has 34 heavy (non-hydrogen) atoms. The summed E-state index contributed by atoms with van der Waals surface area (Å²) in [5.41, 5.74) is -4.58. The van der Waals surface area contributed by atoms with Crippen LogP contribution in [0.3, 0.4) is 0 Å². The van der Waals surface area contributed by atoms with E-state index in [1.807, 2.05) is 12.0 Å². The minimum Gasteiger partial charge on any atom is -0.479 e. The van der Waals surface area contributed by atoms with Crippen molar-refractivity contribution in [2.24, 2.45) is 28.6 Å². The van der Waals surface area contributed by atoms with Crippen LogP contribution in [0.1, 0.15) is 71.6 Å². The average molecular weight is 474 g/mol. The maximum Gasteiger partial charge on any atom is 0.339 e. The minimum absolute atomic E-state index is 0.0383. The molecule has 4 saturated carbocycles. The van der Waals surface area contributed by atoms with Gasteiger partial charge in [0.2, 0.25) is 0 Å². The standard InChI is InChI=1S/C27H36FNO5/c1-24-11-10-19(30)12-16(24)8-9-20-21-13-17-15-29(18-6-4-3-5-7-18)34-27(17,23(32)33)25(21,2)14-22(31)26(20,24)28/h10-12,17-18,20-22,31H,3-9,13-15H2,1-2H3,(H,32,33)/t17-,20-,21-,22-,24-,25-,26-,27-/m0/s1. The number of aliphatic carboxylic acids is 1. The molecule has 2 N–H and O–H groups in total. The molecule has 8 atom stereocenters. The number of nitrogens with zero attached hydrogens (tertiary/aromatic N) is 1. The number of allylic oxidation sites excluding steroid dienone is 4. The van der Waals surface area contributed by atoms with Crippen molar-refractivity contribution in [2.45, 2.75) is 95.1 Å². The van der Waals surface area contributed by atoms with Crippen molar-refractivity contribution in [3.8, 4) is 0 Å². The summed E-state index contributed by atoms with van der Waals surface area (Å²) < 4.78 is 17.3. The molecule has 0 bridgehead atoms. The summed E-state index contributed by atoms with van der Waals surface area (Å²) in [5.74, 6) is -2.05. The Kier molecular flexibility index (Phi) is 4.86. The van der Waals surface area contributed by atoms with E-state index in [0.29, 0.717) is 25.8 Å². The van der Waals surface area contributed by atoms with Crippen LogP contribution in [0.4, 0.5) is 4.39 Å². The van der Waals surface area contributed by atoms with E-state index in [1.54, 1.807) is 13.0 Å². The first kappa shape index (κ1) is 22.9. The molecule has 0 aromatic carbocycles. The van der Waals surface area contributed by atoms with Gasteiger partial charge < -0.3 is 10.2 Å². The van der Waals surface area contributed by atoms with Gasteiger partial charge in [0.15, 0.2) is 17.1 Å². The van der Waals surface area contributed by atoms with Gasteiger partial charge in [-0.3, -0.25) is 9.63 Å².